The van der Waals surface area contributed by atoms with Crippen LogP contribution in [0.5, 0.6) is 0 Å². The normalized spacial score (nSPS) is 11.4. The number of rotatable bonds is 0. The molecular weight excluding hydrogens is 230 g/mol. The molecule has 1 aromatic carbocycles. The Labute approximate surface area is 96.7 Å². The topological polar surface area (TPSA) is 24.1 Å². The number of nitrogens with one attached hydrogen (secondary N) is 2. The molecule has 13 heavy (non-hydrogen) atoms. The van der Waals surface area contributed by atoms with Crippen LogP contribution in [0.1, 0.15) is 0 Å². The third-order valence-corrected chi connectivity index (χ3v) is 1.68. The average Bonchev–Trinajstić information content (AvgIpc) is 2.05. The minimum Gasteiger partial charge on any atom is -0.382 e. The van der Waals surface area contributed by atoms with Gasteiger partial charge in [-0.2, -0.15) is 0 Å². The molecule has 0 spiro atoms. The van der Waals surface area contributed by atoms with Crippen molar-refractivity contribution in [2.45, 2.75) is 0 Å². The molecule has 0 aromatic heterocycles. The molecule has 1 aliphatic rings. The summed E-state index contributed by atoms with van der Waals surface area (Å²) in [6.07, 6.45) is 0. The van der Waals surface area contributed by atoms with Crippen LogP contribution in [0.2, 0.25) is 0 Å². The first kappa shape index (κ1) is 15.2. The van der Waals surface area contributed by atoms with Gasteiger partial charge in [0.15, 0.2) is 0 Å². The fraction of sp³-hybridized carbons (Fsp3) is 0.250. The molecule has 2 rings (SSSR count). The molecule has 1 aromatic rings. The summed E-state index contributed by atoms with van der Waals surface area (Å²) in [7, 11) is 0. The zero-order chi connectivity index (χ0) is 6.81. The van der Waals surface area contributed by atoms with Gasteiger partial charge in [0.05, 0.1) is 11.4 Å². The van der Waals surface area contributed by atoms with Crippen LogP contribution in [0.3, 0.4) is 0 Å². The van der Waals surface area contributed by atoms with Crippen molar-refractivity contribution in [2.75, 3.05) is 23.7 Å². The van der Waals surface area contributed by atoms with Gasteiger partial charge in [-0.15, -0.1) is 37.2 Å². The van der Waals surface area contributed by atoms with Gasteiger partial charge in [-0.05, 0) is 12.1 Å². The van der Waals surface area contributed by atoms with E-state index >= 15 is 0 Å². The monoisotopic (exact) mass is 242 g/mol. The maximum Gasteiger partial charge on any atom is 0.0576 e. The number of hydrogen-bond acceptors (Lipinski definition) is 2. The van der Waals surface area contributed by atoms with Crippen LogP contribution in [0.4, 0.5) is 11.4 Å². The lowest BCUT2D eigenvalue weighted by atomic mass is 10.2. The number of para-hydroxylation sites is 2. The van der Waals surface area contributed by atoms with E-state index in [-0.39, 0.29) is 37.2 Å². The number of anilines is 2. The Kier molecular flexibility index (Phi) is 8.32. The molecule has 0 bridgehead atoms. The first-order valence-corrected chi connectivity index (χ1v) is 3.53. The number of hydrogen-bond donors (Lipinski definition) is 2. The summed E-state index contributed by atoms with van der Waals surface area (Å²) in [6, 6.07) is 8.25. The molecule has 1 heterocycles. The van der Waals surface area contributed by atoms with Gasteiger partial charge < -0.3 is 10.6 Å². The summed E-state index contributed by atoms with van der Waals surface area (Å²) in [5, 5.41) is 6.60. The van der Waals surface area contributed by atoms with Crippen molar-refractivity contribution < 1.29 is 0 Å². The standard InChI is InChI=1S/C8H10N2.3ClH/c1-2-4-8-7(3-1)9-5-6-10-8;;;/h1-4,9-10H,5-6H2;3*1H. The van der Waals surface area contributed by atoms with E-state index in [1.807, 2.05) is 12.1 Å². The molecule has 0 unspecified atom stereocenters. The van der Waals surface area contributed by atoms with Crippen molar-refractivity contribution in [3.8, 4) is 0 Å². The van der Waals surface area contributed by atoms with Gasteiger partial charge in [0, 0.05) is 13.1 Å². The first-order chi connectivity index (χ1) is 4.97. The molecule has 0 amide bonds. The second-order valence-corrected chi connectivity index (χ2v) is 2.40. The van der Waals surface area contributed by atoms with Gasteiger partial charge in [0.1, 0.15) is 0 Å². The second kappa shape index (κ2) is 7.13. The average molecular weight is 244 g/mol. The van der Waals surface area contributed by atoms with E-state index in [9.17, 15) is 0 Å². The highest BCUT2D eigenvalue weighted by molar-refractivity contribution is 5.86. The van der Waals surface area contributed by atoms with Crippen molar-refractivity contribution in [2.24, 2.45) is 0 Å². The molecule has 0 radical (unpaired) electrons. The molecule has 5 heteroatoms. The van der Waals surface area contributed by atoms with Crippen LogP contribution >= 0.6 is 37.2 Å². The number of fused-ring (bicyclic) bond motifs is 1. The quantitative estimate of drug-likeness (QED) is 0.732. The largest absolute Gasteiger partial charge is 0.382 e. The molecule has 2 N–H and O–H groups in total. The van der Waals surface area contributed by atoms with Crippen molar-refractivity contribution in [3.63, 3.8) is 0 Å². The fourth-order valence-corrected chi connectivity index (χ4v) is 1.19. The van der Waals surface area contributed by atoms with Gasteiger partial charge in [0.25, 0.3) is 0 Å². The van der Waals surface area contributed by atoms with E-state index in [1.54, 1.807) is 0 Å². The summed E-state index contributed by atoms with van der Waals surface area (Å²) in [6.45, 7) is 2.05. The Balaban J connectivity index is 0. The molecule has 76 valence electrons. The Morgan fingerprint density at radius 1 is 0.769 bits per heavy atom. The van der Waals surface area contributed by atoms with E-state index in [1.165, 1.54) is 11.4 Å². The summed E-state index contributed by atoms with van der Waals surface area (Å²) in [5.74, 6) is 0. The van der Waals surface area contributed by atoms with Crippen LogP contribution < -0.4 is 10.6 Å². The van der Waals surface area contributed by atoms with Gasteiger partial charge in [-0.3, -0.25) is 0 Å². The van der Waals surface area contributed by atoms with E-state index in [0.717, 1.165) is 13.1 Å². The first-order valence-electron chi connectivity index (χ1n) is 3.53. The molecule has 2 nitrogen and oxygen atoms in total. The smallest absolute Gasteiger partial charge is 0.0576 e. The molecule has 0 atom stereocenters. The van der Waals surface area contributed by atoms with Crippen molar-refractivity contribution in [1.29, 1.82) is 0 Å². The molecule has 0 saturated heterocycles. The fourth-order valence-electron chi connectivity index (χ4n) is 1.19. The Hall–Kier alpha value is -0.310. The van der Waals surface area contributed by atoms with Crippen LogP contribution in [0.15, 0.2) is 24.3 Å². The molecule has 0 saturated carbocycles. The highest BCUT2D eigenvalue weighted by atomic mass is 35.5. The van der Waals surface area contributed by atoms with E-state index in [4.69, 9.17) is 0 Å². The second-order valence-electron chi connectivity index (χ2n) is 2.40. The van der Waals surface area contributed by atoms with E-state index < -0.39 is 0 Å². The zero-order valence-corrected chi connectivity index (χ0v) is 9.40. The number of halogens is 3. The van der Waals surface area contributed by atoms with Crippen molar-refractivity contribution in [1.82, 2.24) is 0 Å². The predicted molar refractivity (Wildman–Crippen MR) is 65.2 cm³/mol. The van der Waals surface area contributed by atoms with Gasteiger partial charge in [0.2, 0.25) is 0 Å². The maximum absolute atomic E-state index is 3.30. The third-order valence-electron chi connectivity index (χ3n) is 1.68. The Morgan fingerprint density at radius 2 is 1.15 bits per heavy atom. The molecule has 0 aliphatic carbocycles. The predicted octanol–water partition coefficient (Wildman–Crippen LogP) is 2.79. The minimum atomic E-state index is 0. The Bertz CT molecular complexity index is 218. The van der Waals surface area contributed by atoms with Crippen LogP contribution in [0.25, 0.3) is 0 Å². The van der Waals surface area contributed by atoms with Gasteiger partial charge >= 0.3 is 0 Å². The lowest BCUT2D eigenvalue weighted by molar-refractivity contribution is 1.05. The van der Waals surface area contributed by atoms with Crippen LogP contribution in [-0.2, 0) is 0 Å². The minimum absolute atomic E-state index is 0. The van der Waals surface area contributed by atoms with Gasteiger partial charge in [-0.25, -0.2) is 0 Å². The van der Waals surface area contributed by atoms with E-state index in [2.05, 4.69) is 22.8 Å². The highest BCUT2D eigenvalue weighted by Crippen LogP contribution is 2.22. The van der Waals surface area contributed by atoms with Crippen LogP contribution in [-0.4, -0.2) is 13.1 Å². The summed E-state index contributed by atoms with van der Waals surface area (Å²) in [5.41, 5.74) is 2.43. The lowest BCUT2D eigenvalue weighted by Crippen LogP contribution is -2.19. The van der Waals surface area contributed by atoms with E-state index in [0.29, 0.717) is 0 Å². The Morgan fingerprint density at radius 3 is 1.54 bits per heavy atom. The number of benzene rings is 1. The molecule has 1 aliphatic heterocycles. The lowest BCUT2D eigenvalue weighted by Gasteiger charge is -2.18. The van der Waals surface area contributed by atoms with Gasteiger partial charge in [-0.1, -0.05) is 12.1 Å². The third kappa shape index (κ3) is 3.51. The summed E-state index contributed by atoms with van der Waals surface area (Å²) in [4.78, 5) is 0. The SMILES string of the molecule is Cl.Cl.Cl.c1ccc2c(c1)NCCN2. The van der Waals surface area contributed by atoms with Crippen molar-refractivity contribution in [3.05, 3.63) is 24.3 Å². The molecular formula is C8H13Cl3N2. The molecule has 0 fully saturated rings. The van der Waals surface area contributed by atoms with Crippen LogP contribution in [0, 0.1) is 0 Å². The zero-order valence-electron chi connectivity index (χ0n) is 6.95. The highest BCUT2D eigenvalue weighted by Gasteiger charge is 2.03. The maximum atomic E-state index is 3.30. The summed E-state index contributed by atoms with van der Waals surface area (Å²) >= 11 is 0. The van der Waals surface area contributed by atoms with Crippen molar-refractivity contribution >= 4 is 48.6 Å². The summed E-state index contributed by atoms with van der Waals surface area (Å²) < 4.78 is 0.